The molecule has 0 atom stereocenters. The van der Waals surface area contributed by atoms with Gasteiger partial charge in [0, 0.05) is 7.05 Å². The first-order valence-corrected chi connectivity index (χ1v) is 6.04. The molecular weight excluding hydrogens is 212 g/mol. The summed E-state index contributed by atoms with van der Waals surface area (Å²) in [4.78, 5) is 16.6. The van der Waals surface area contributed by atoms with Crippen LogP contribution in [0.15, 0.2) is 29.1 Å². The summed E-state index contributed by atoms with van der Waals surface area (Å²) in [5.41, 5.74) is 2.50. The number of hydrogen-bond donors (Lipinski definition) is 0. The van der Waals surface area contributed by atoms with Crippen LogP contribution in [0.25, 0.3) is 11.0 Å². The van der Waals surface area contributed by atoms with Crippen LogP contribution in [0, 0.1) is 5.92 Å². The third-order valence-electron chi connectivity index (χ3n) is 3.01. The van der Waals surface area contributed by atoms with E-state index in [1.165, 1.54) is 0 Å². The summed E-state index contributed by atoms with van der Waals surface area (Å²) in [6.45, 7) is 4.32. The normalized spacial score (nSPS) is 11.3. The zero-order chi connectivity index (χ0) is 12.4. The highest BCUT2D eigenvalue weighted by molar-refractivity contribution is 5.74. The Morgan fingerprint density at radius 2 is 2.00 bits per heavy atom. The average Bonchev–Trinajstić information content (AvgIpc) is 2.32. The predicted molar refractivity (Wildman–Crippen MR) is 70.1 cm³/mol. The molecule has 0 saturated heterocycles. The van der Waals surface area contributed by atoms with Gasteiger partial charge in [0.15, 0.2) is 0 Å². The van der Waals surface area contributed by atoms with E-state index < -0.39 is 0 Å². The summed E-state index contributed by atoms with van der Waals surface area (Å²) < 4.78 is 1.69. The summed E-state index contributed by atoms with van der Waals surface area (Å²) in [5.74, 6) is 0.591. The Labute approximate surface area is 101 Å². The van der Waals surface area contributed by atoms with Gasteiger partial charge < -0.3 is 4.57 Å². The van der Waals surface area contributed by atoms with Crippen LogP contribution in [0.2, 0.25) is 0 Å². The Balaban J connectivity index is 2.50. The third-order valence-corrected chi connectivity index (χ3v) is 3.01. The number of rotatable bonds is 3. The number of para-hydroxylation sites is 2. The molecule has 17 heavy (non-hydrogen) atoms. The van der Waals surface area contributed by atoms with Crippen LogP contribution in [0.5, 0.6) is 0 Å². The molecule has 0 bridgehead atoms. The molecule has 0 fully saturated rings. The van der Waals surface area contributed by atoms with E-state index >= 15 is 0 Å². The molecule has 0 unspecified atom stereocenters. The Kier molecular flexibility index (Phi) is 3.27. The highest BCUT2D eigenvalue weighted by Crippen LogP contribution is 2.10. The lowest BCUT2D eigenvalue weighted by Gasteiger charge is -2.08. The van der Waals surface area contributed by atoms with Crippen molar-refractivity contribution in [3.05, 3.63) is 40.3 Å². The van der Waals surface area contributed by atoms with E-state index in [9.17, 15) is 4.79 Å². The van der Waals surface area contributed by atoms with Gasteiger partial charge >= 0.3 is 0 Å². The predicted octanol–water partition coefficient (Wildman–Crippen LogP) is 2.52. The lowest BCUT2D eigenvalue weighted by molar-refractivity contribution is 0.577. The lowest BCUT2D eigenvalue weighted by atomic mass is 10.1. The molecule has 0 saturated carbocycles. The average molecular weight is 230 g/mol. The summed E-state index contributed by atoms with van der Waals surface area (Å²) >= 11 is 0. The van der Waals surface area contributed by atoms with Crippen molar-refractivity contribution in [3.63, 3.8) is 0 Å². The summed E-state index contributed by atoms with van der Waals surface area (Å²) in [5, 5.41) is 0. The summed E-state index contributed by atoms with van der Waals surface area (Å²) in [6, 6.07) is 7.76. The number of hydrogen-bond acceptors (Lipinski definition) is 2. The Morgan fingerprint density at radius 1 is 1.29 bits per heavy atom. The minimum absolute atomic E-state index is 0.0318. The number of aromatic nitrogens is 2. The first kappa shape index (κ1) is 11.8. The van der Waals surface area contributed by atoms with Crippen molar-refractivity contribution in [2.45, 2.75) is 26.7 Å². The van der Waals surface area contributed by atoms with E-state index in [2.05, 4.69) is 18.8 Å². The number of aryl methyl sites for hydroxylation is 2. The molecule has 2 aromatic rings. The van der Waals surface area contributed by atoms with E-state index in [1.54, 1.807) is 4.57 Å². The highest BCUT2D eigenvalue weighted by Gasteiger charge is 2.08. The van der Waals surface area contributed by atoms with Gasteiger partial charge in [-0.05, 0) is 30.9 Å². The van der Waals surface area contributed by atoms with Crippen molar-refractivity contribution in [3.8, 4) is 0 Å². The minimum atomic E-state index is 0.0318. The van der Waals surface area contributed by atoms with E-state index in [-0.39, 0.29) is 5.56 Å². The van der Waals surface area contributed by atoms with Crippen LogP contribution in [-0.2, 0) is 13.5 Å². The fraction of sp³-hybridized carbons (Fsp3) is 0.429. The standard InChI is InChI=1S/C14H18N2O/c1-10(2)8-9-12-14(17)16(3)13-7-5-4-6-11(13)15-12/h4-7,10H,8-9H2,1-3H3. The smallest absolute Gasteiger partial charge is 0.272 e. The SMILES string of the molecule is CC(C)CCc1nc2ccccc2n(C)c1=O. The molecule has 1 aromatic heterocycles. The second-order valence-electron chi connectivity index (χ2n) is 4.84. The fourth-order valence-corrected chi connectivity index (χ4v) is 1.93. The van der Waals surface area contributed by atoms with Gasteiger partial charge in [0.05, 0.1) is 11.0 Å². The Hall–Kier alpha value is -1.64. The monoisotopic (exact) mass is 230 g/mol. The van der Waals surface area contributed by atoms with Gasteiger partial charge in [-0.15, -0.1) is 0 Å². The topological polar surface area (TPSA) is 34.9 Å². The zero-order valence-electron chi connectivity index (χ0n) is 10.6. The van der Waals surface area contributed by atoms with Gasteiger partial charge in [0.1, 0.15) is 5.69 Å². The first-order valence-electron chi connectivity index (χ1n) is 6.04. The highest BCUT2D eigenvalue weighted by atomic mass is 16.1. The van der Waals surface area contributed by atoms with Gasteiger partial charge in [-0.3, -0.25) is 4.79 Å². The molecule has 2 rings (SSSR count). The molecular formula is C14H18N2O. The van der Waals surface area contributed by atoms with E-state index in [1.807, 2.05) is 31.3 Å². The second kappa shape index (κ2) is 4.70. The molecule has 0 aliphatic carbocycles. The number of benzene rings is 1. The van der Waals surface area contributed by atoms with Crippen LogP contribution >= 0.6 is 0 Å². The Morgan fingerprint density at radius 3 is 2.71 bits per heavy atom. The van der Waals surface area contributed by atoms with Gasteiger partial charge in [0.25, 0.3) is 5.56 Å². The van der Waals surface area contributed by atoms with Crippen molar-refractivity contribution in [1.29, 1.82) is 0 Å². The molecule has 0 aliphatic heterocycles. The maximum Gasteiger partial charge on any atom is 0.272 e. The number of fused-ring (bicyclic) bond motifs is 1. The van der Waals surface area contributed by atoms with Gasteiger partial charge in [-0.2, -0.15) is 0 Å². The summed E-state index contributed by atoms with van der Waals surface area (Å²) in [7, 11) is 1.81. The molecule has 0 spiro atoms. The van der Waals surface area contributed by atoms with Crippen molar-refractivity contribution >= 4 is 11.0 Å². The van der Waals surface area contributed by atoms with Crippen molar-refractivity contribution < 1.29 is 0 Å². The van der Waals surface area contributed by atoms with Crippen molar-refractivity contribution in [2.75, 3.05) is 0 Å². The largest absolute Gasteiger partial charge is 0.308 e. The molecule has 0 radical (unpaired) electrons. The third kappa shape index (κ3) is 2.38. The van der Waals surface area contributed by atoms with Crippen LogP contribution in [0.3, 0.4) is 0 Å². The van der Waals surface area contributed by atoms with E-state index in [4.69, 9.17) is 0 Å². The van der Waals surface area contributed by atoms with Gasteiger partial charge in [-0.25, -0.2) is 4.98 Å². The van der Waals surface area contributed by atoms with Crippen LogP contribution in [-0.4, -0.2) is 9.55 Å². The molecule has 1 aromatic carbocycles. The van der Waals surface area contributed by atoms with Crippen molar-refractivity contribution in [2.24, 2.45) is 13.0 Å². The molecule has 0 amide bonds. The van der Waals surface area contributed by atoms with Crippen LogP contribution in [0.1, 0.15) is 26.0 Å². The molecule has 0 N–H and O–H groups in total. The zero-order valence-corrected chi connectivity index (χ0v) is 10.6. The molecule has 90 valence electrons. The van der Waals surface area contributed by atoms with E-state index in [0.717, 1.165) is 23.9 Å². The maximum absolute atomic E-state index is 12.1. The maximum atomic E-state index is 12.1. The molecule has 3 heteroatoms. The van der Waals surface area contributed by atoms with Crippen molar-refractivity contribution in [1.82, 2.24) is 9.55 Å². The van der Waals surface area contributed by atoms with Gasteiger partial charge in [0.2, 0.25) is 0 Å². The Bertz CT molecular complexity index is 584. The number of nitrogens with zero attached hydrogens (tertiary/aromatic N) is 2. The fourth-order valence-electron chi connectivity index (χ4n) is 1.93. The van der Waals surface area contributed by atoms with Crippen LogP contribution in [0.4, 0.5) is 0 Å². The van der Waals surface area contributed by atoms with Crippen LogP contribution < -0.4 is 5.56 Å². The first-order chi connectivity index (χ1) is 8.09. The quantitative estimate of drug-likeness (QED) is 0.812. The molecule has 3 nitrogen and oxygen atoms in total. The molecule has 0 aliphatic rings. The second-order valence-corrected chi connectivity index (χ2v) is 4.84. The van der Waals surface area contributed by atoms with E-state index in [0.29, 0.717) is 11.6 Å². The van der Waals surface area contributed by atoms with Gasteiger partial charge in [-0.1, -0.05) is 26.0 Å². The summed E-state index contributed by atoms with van der Waals surface area (Å²) in [6.07, 6.45) is 1.76. The minimum Gasteiger partial charge on any atom is -0.308 e. The molecule has 1 heterocycles. The lowest BCUT2D eigenvalue weighted by Crippen LogP contribution is -2.23.